The van der Waals surface area contributed by atoms with Gasteiger partial charge in [0.25, 0.3) is 15.9 Å². The van der Waals surface area contributed by atoms with Crippen LogP contribution in [0.3, 0.4) is 0 Å². The quantitative estimate of drug-likeness (QED) is 0.559. The maximum atomic E-state index is 12.6. The molecule has 0 unspecified atom stereocenters. The number of carbonyl (C=O) groups is 1. The van der Waals surface area contributed by atoms with Crippen molar-refractivity contribution in [2.24, 2.45) is 0 Å². The maximum Gasteiger partial charge on any atom is 0.261 e. The van der Waals surface area contributed by atoms with Gasteiger partial charge in [0, 0.05) is 16.2 Å². The molecule has 0 bridgehead atoms. The molecule has 0 spiro atoms. The molecule has 0 fully saturated rings. The summed E-state index contributed by atoms with van der Waals surface area (Å²) in [4.78, 5) is 16.6. The first-order valence-electron chi connectivity index (χ1n) is 7.75. The molecule has 2 N–H and O–H groups in total. The van der Waals surface area contributed by atoms with E-state index >= 15 is 0 Å². The van der Waals surface area contributed by atoms with Crippen LogP contribution < -0.4 is 10.0 Å². The van der Waals surface area contributed by atoms with Crippen molar-refractivity contribution >= 4 is 62.2 Å². The smallest absolute Gasteiger partial charge is 0.261 e. The summed E-state index contributed by atoms with van der Waals surface area (Å²) in [6.45, 7) is 0. The van der Waals surface area contributed by atoms with Crippen LogP contribution in [0.15, 0.2) is 65.7 Å². The number of sulfonamides is 1. The number of nitrogens with one attached hydrogen (secondary N) is 2. The minimum Gasteiger partial charge on any atom is -0.306 e. The average molecular weight is 457 g/mol. The minimum atomic E-state index is -3.96. The fraction of sp³-hybridized carbons (Fsp3) is 0. The molecule has 6 nitrogen and oxygen atoms in total. The van der Waals surface area contributed by atoms with Crippen LogP contribution in [0.4, 0.5) is 11.5 Å². The third kappa shape index (κ3) is 4.94. The number of carbonyl (C=O) groups excluding carboxylic acids is 1. The number of aromatic nitrogens is 1. The van der Waals surface area contributed by atoms with Crippen molar-refractivity contribution in [2.45, 2.75) is 4.90 Å². The van der Waals surface area contributed by atoms with E-state index in [1.54, 1.807) is 6.07 Å². The molecule has 1 aromatic heterocycles. The fourth-order valence-corrected chi connectivity index (χ4v) is 3.73. The van der Waals surface area contributed by atoms with E-state index in [1.165, 1.54) is 54.7 Å². The fourth-order valence-electron chi connectivity index (χ4n) is 2.25. The molecule has 1 heterocycles. The molecule has 0 aliphatic rings. The Hall–Kier alpha value is -2.32. The van der Waals surface area contributed by atoms with Gasteiger partial charge in [0.1, 0.15) is 5.82 Å². The molecule has 28 heavy (non-hydrogen) atoms. The third-order valence-corrected chi connectivity index (χ3v) is 5.66. The summed E-state index contributed by atoms with van der Waals surface area (Å²) in [6.07, 6.45) is 1.38. The highest BCUT2D eigenvalue weighted by Crippen LogP contribution is 2.25. The normalized spacial score (nSPS) is 11.1. The van der Waals surface area contributed by atoms with Crippen molar-refractivity contribution < 1.29 is 13.2 Å². The molecule has 0 aliphatic heterocycles. The molecule has 0 saturated carbocycles. The summed E-state index contributed by atoms with van der Waals surface area (Å²) in [5, 5.41) is 3.65. The highest BCUT2D eigenvalue weighted by molar-refractivity contribution is 7.92. The van der Waals surface area contributed by atoms with Crippen LogP contribution in [0.25, 0.3) is 0 Å². The summed E-state index contributed by atoms with van der Waals surface area (Å²) < 4.78 is 27.7. The van der Waals surface area contributed by atoms with E-state index < -0.39 is 15.9 Å². The standard InChI is InChI=1S/C18H12Cl3N3O3S/c19-11-1-5-14(6-2-11)28(26,27)24-16-9-12(20)3-7-15(16)18(25)23-17-8-4-13(21)10-22-17/h1-10,24H,(H,22,23,25). The van der Waals surface area contributed by atoms with Gasteiger partial charge in [0.15, 0.2) is 0 Å². The van der Waals surface area contributed by atoms with Gasteiger partial charge in [-0.3, -0.25) is 9.52 Å². The Bertz CT molecular complexity index is 1120. The lowest BCUT2D eigenvalue weighted by Crippen LogP contribution is -2.19. The Morgan fingerprint density at radius 1 is 0.857 bits per heavy atom. The zero-order chi connectivity index (χ0) is 20.3. The zero-order valence-electron chi connectivity index (χ0n) is 14.0. The second-order valence-corrected chi connectivity index (χ2v) is 8.56. The lowest BCUT2D eigenvalue weighted by Gasteiger charge is -2.13. The van der Waals surface area contributed by atoms with Gasteiger partial charge in [-0.15, -0.1) is 0 Å². The van der Waals surface area contributed by atoms with E-state index in [0.29, 0.717) is 10.0 Å². The first kappa shape index (κ1) is 20.4. The van der Waals surface area contributed by atoms with E-state index in [9.17, 15) is 13.2 Å². The molecule has 1 amide bonds. The van der Waals surface area contributed by atoms with Crippen molar-refractivity contribution in [3.63, 3.8) is 0 Å². The topological polar surface area (TPSA) is 88.2 Å². The molecular formula is C18H12Cl3N3O3S. The van der Waals surface area contributed by atoms with Gasteiger partial charge in [-0.25, -0.2) is 13.4 Å². The van der Waals surface area contributed by atoms with Gasteiger partial charge in [-0.05, 0) is 54.6 Å². The van der Waals surface area contributed by atoms with Crippen molar-refractivity contribution in [1.82, 2.24) is 4.98 Å². The molecule has 3 rings (SSSR count). The van der Waals surface area contributed by atoms with Gasteiger partial charge in [0.05, 0.1) is 21.2 Å². The van der Waals surface area contributed by atoms with Crippen molar-refractivity contribution in [1.29, 1.82) is 0 Å². The molecule has 3 aromatic rings. The first-order valence-corrected chi connectivity index (χ1v) is 10.4. The summed E-state index contributed by atoms with van der Waals surface area (Å²) in [5.74, 6) is -0.309. The molecule has 0 saturated heterocycles. The summed E-state index contributed by atoms with van der Waals surface area (Å²) in [5.41, 5.74) is 0.0904. The van der Waals surface area contributed by atoms with E-state index in [1.807, 2.05) is 0 Å². The van der Waals surface area contributed by atoms with Gasteiger partial charge in [-0.1, -0.05) is 34.8 Å². The number of rotatable bonds is 5. The van der Waals surface area contributed by atoms with Crippen LogP contribution in [-0.4, -0.2) is 19.3 Å². The molecule has 0 atom stereocenters. The number of anilines is 2. The second kappa shape index (κ2) is 8.36. The predicted molar refractivity (Wildman–Crippen MR) is 111 cm³/mol. The number of pyridine rings is 1. The molecule has 2 aromatic carbocycles. The van der Waals surface area contributed by atoms with Gasteiger partial charge in [0.2, 0.25) is 0 Å². The number of halogens is 3. The van der Waals surface area contributed by atoms with Crippen molar-refractivity contribution in [3.8, 4) is 0 Å². The van der Waals surface area contributed by atoms with Crippen LogP contribution in [0.2, 0.25) is 15.1 Å². The Morgan fingerprint density at radius 2 is 1.50 bits per heavy atom. The lowest BCUT2D eigenvalue weighted by atomic mass is 10.1. The highest BCUT2D eigenvalue weighted by Gasteiger charge is 2.19. The largest absolute Gasteiger partial charge is 0.306 e. The van der Waals surface area contributed by atoms with Gasteiger partial charge in [-0.2, -0.15) is 0 Å². The molecule has 0 aliphatic carbocycles. The average Bonchev–Trinajstić information content (AvgIpc) is 2.63. The highest BCUT2D eigenvalue weighted by atomic mass is 35.5. The van der Waals surface area contributed by atoms with Gasteiger partial charge >= 0.3 is 0 Å². The minimum absolute atomic E-state index is 0.0115. The number of amides is 1. The van der Waals surface area contributed by atoms with Gasteiger partial charge < -0.3 is 5.32 Å². The lowest BCUT2D eigenvalue weighted by molar-refractivity contribution is 0.102. The van der Waals surface area contributed by atoms with E-state index in [0.717, 1.165) is 0 Å². The van der Waals surface area contributed by atoms with E-state index in [2.05, 4.69) is 15.0 Å². The van der Waals surface area contributed by atoms with E-state index in [4.69, 9.17) is 34.8 Å². The summed E-state index contributed by atoms with van der Waals surface area (Å²) in [6, 6.07) is 12.9. The van der Waals surface area contributed by atoms with E-state index in [-0.39, 0.29) is 27.0 Å². The van der Waals surface area contributed by atoms with Crippen LogP contribution in [0.5, 0.6) is 0 Å². The zero-order valence-corrected chi connectivity index (χ0v) is 17.1. The Kier molecular flexibility index (Phi) is 6.10. The monoisotopic (exact) mass is 455 g/mol. The van der Waals surface area contributed by atoms with Crippen LogP contribution >= 0.6 is 34.8 Å². The number of hydrogen-bond acceptors (Lipinski definition) is 4. The predicted octanol–water partition coefficient (Wildman–Crippen LogP) is 5.09. The molecule has 144 valence electrons. The van der Waals surface area contributed by atoms with Crippen LogP contribution in [-0.2, 0) is 10.0 Å². The number of nitrogens with zero attached hydrogens (tertiary/aromatic N) is 1. The second-order valence-electron chi connectivity index (χ2n) is 5.57. The Labute approximate surface area is 176 Å². The first-order chi connectivity index (χ1) is 13.2. The Balaban J connectivity index is 1.91. The molecular weight excluding hydrogens is 445 g/mol. The van der Waals surface area contributed by atoms with Crippen LogP contribution in [0, 0.1) is 0 Å². The summed E-state index contributed by atoms with van der Waals surface area (Å²) >= 11 is 17.6. The van der Waals surface area contributed by atoms with Crippen molar-refractivity contribution in [3.05, 3.63) is 81.4 Å². The van der Waals surface area contributed by atoms with Crippen molar-refractivity contribution in [2.75, 3.05) is 10.0 Å². The SMILES string of the molecule is O=C(Nc1ccc(Cl)cn1)c1ccc(Cl)cc1NS(=O)(=O)c1ccc(Cl)cc1. The van der Waals surface area contributed by atoms with Crippen LogP contribution in [0.1, 0.15) is 10.4 Å². The summed E-state index contributed by atoms with van der Waals surface area (Å²) in [7, 11) is -3.96. The number of benzene rings is 2. The Morgan fingerprint density at radius 3 is 2.14 bits per heavy atom. The molecule has 0 radical (unpaired) electrons. The third-order valence-electron chi connectivity index (χ3n) is 3.56. The maximum absolute atomic E-state index is 12.6. The molecule has 10 heteroatoms. The number of hydrogen-bond donors (Lipinski definition) is 2.